The van der Waals surface area contributed by atoms with Crippen molar-refractivity contribution in [3.05, 3.63) is 12.2 Å². The lowest BCUT2D eigenvalue weighted by Crippen LogP contribution is -2.32. The minimum atomic E-state index is -0.623. The Hall–Kier alpha value is -0.830. The van der Waals surface area contributed by atoms with Gasteiger partial charge in [0.15, 0.2) is 0 Å². The summed E-state index contributed by atoms with van der Waals surface area (Å²) in [5.74, 6) is -0.364. The van der Waals surface area contributed by atoms with E-state index in [1.807, 2.05) is 6.92 Å². The van der Waals surface area contributed by atoms with Crippen LogP contribution in [0, 0.1) is 0 Å². The summed E-state index contributed by atoms with van der Waals surface area (Å²) in [6.45, 7) is 1.86. The van der Waals surface area contributed by atoms with Crippen LogP contribution in [0.15, 0.2) is 12.2 Å². The van der Waals surface area contributed by atoms with Crippen LogP contribution in [0.25, 0.3) is 0 Å². The summed E-state index contributed by atoms with van der Waals surface area (Å²) in [7, 11) is 0. The summed E-state index contributed by atoms with van der Waals surface area (Å²) in [5, 5.41) is 9.12. The van der Waals surface area contributed by atoms with E-state index in [2.05, 4.69) is 0 Å². The summed E-state index contributed by atoms with van der Waals surface area (Å²) in [4.78, 5) is 10.6. The molecule has 1 aliphatic heterocycles. The number of hydrogen-bond donors (Lipinski definition) is 1. The van der Waals surface area contributed by atoms with Crippen molar-refractivity contribution in [2.45, 2.75) is 25.6 Å². The Balaban J connectivity index is 2.62. The van der Waals surface area contributed by atoms with Crippen LogP contribution in [-0.2, 0) is 9.53 Å². The number of ether oxygens (including phenoxy) is 1. The van der Waals surface area contributed by atoms with E-state index in [4.69, 9.17) is 9.84 Å². The van der Waals surface area contributed by atoms with Crippen molar-refractivity contribution in [3.8, 4) is 0 Å². The lowest BCUT2D eigenvalue weighted by atomic mass is 10.1. The molecular formula is C7H10O3. The van der Waals surface area contributed by atoms with E-state index in [0.29, 0.717) is 6.42 Å². The van der Waals surface area contributed by atoms with Gasteiger partial charge in [0.2, 0.25) is 0 Å². The van der Waals surface area contributed by atoms with Gasteiger partial charge in [0, 0.05) is 6.08 Å². The van der Waals surface area contributed by atoms with Gasteiger partial charge in [0.25, 0.3) is 0 Å². The molecule has 0 aliphatic carbocycles. The van der Waals surface area contributed by atoms with E-state index in [9.17, 15) is 4.79 Å². The van der Waals surface area contributed by atoms with Crippen LogP contribution in [0.1, 0.15) is 13.3 Å². The maximum atomic E-state index is 10.6. The van der Waals surface area contributed by atoms with E-state index >= 15 is 0 Å². The minimum Gasteiger partial charge on any atom is -0.456 e. The fourth-order valence-corrected chi connectivity index (χ4v) is 0.884. The number of carbonyl (C=O) groups is 1. The molecule has 1 aliphatic rings. The molecule has 0 aromatic rings. The third-order valence-corrected chi connectivity index (χ3v) is 1.48. The van der Waals surface area contributed by atoms with Gasteiger partial charge in [0.1, 0.15) is 12.2 Å². The Labute approximate surface area is 59.3 Å². The summed E-state index contributed by atoms with van der Waals surface area (Å²) in [6.07, 6.45) is 2.38. The molecule has 1 N–H and O–H groups in total. The van der Waals surface area contributed by atoms with Crippen LogP contribution >= 0.6 is 0 Å². The summed E-state index contributed by atoms with van der Waals surface area (Å²) in [5.41, 5.74) is 0. The molecule has 0 saturated carbocycles. The van der Waals surface area contributed by atoms with Crippen LogP contribution < -0.4 is 0 Å². The fourth-order valence-electron chi connectivity index (χ4n) is 0.884. The molecule has 3 heteroatoms. The quantitative estimate of drug-likeness (QED) is 0.533. The first-order valence-electron chi connectivity index (χ1n) is 3.31. The number of carbonyl (C=O) groups excluding carboxylic acids is 1. The number of hydrogen-bond acceptors (Lipinski definition) is 3. The van der Waals surface area contributed by atoms with Crippen molar-refractivity contribution >= 4 is 5.97 Å². The second kappa shape index (κ2) is 2.84. The number of esters is 1. The molecule has 2 atom stereocenters. The zero-order valence-electron chi connectivity index (χ0n) is 5.78. The smallest absolute Gasteiger partial charge is 0.330 e. The van der Waals surface area contributed by atoms with Crippen molar-refractivity contribution in [2.24, 2.45) is 0 Å². The largest absolute Gasteiger partial charge is 0.456 e. The topological polar surface area (TPSA) is 46.5 Å². The van der Waals surface area contributed by atoms with Gasteiger partial charge in [-0.2, -0.15) is 0 Å². The number of rotatable bonds is 1. The maximum absolute atomic E-state index is 10.6. The highest BCUT2D eigenvalue weighted by Crippen LogP contribution is 2.10. The first kappa shape index (κ1) is 7.28. The SMILES string of the molecule is CC[C@H]1OC(=O)C=C[C@H]1O. The molecule has 0 unspecified atom stereocenters. The van der Waals surface area contributed by atoms with Gasteiger partial charge in [-0.15, -0.1) is 0 Å². The highest BCUT2D eigenvalue weighted by atomic mass is 16.6. The Morgan fingerprint density at radius 2 is 2.50 bits per heavy atom. The average molecular weight is 142 g/mol. The summed E-state index contributed by atoms with van der Waals surface area (Å²) < 4.78 is 4.77. The molecular weight excluding hydrogens is 132 g/mol. The molecule has 0 aromatic heterocycles. The number of cyclic esters (lactones) is 1. The Kier molecular flexibility index (Phi) is 2.06. The Morgan fingerprint density at radius 1 is 1.80 bits per heavy atom. The van der Waals surface area contributed by atoms with E-state index in [1.165, 1.54) is 12.2 Å². The van der Waals surface area contributed by atoms with E-state index in [0.717, 1.165) is 0 Å². The van der Waals surface area contributed by atoms with Crippen LogP contribution in [-0.4, -0.2) is 23.3 Å². The van der Waals surface area contributed by atoms with E-state index in [1.54, 1.807) is 0 Å². The average Bonchev–Trinajstić information content (AvgIpc) is 1.94. The summed E-state index contributed by atoms with van der Waals surface area (Å²) in [6, 6.07) is 0. The monoisotopic (exact) mass is 142 g/mol. The zero-order valence-corrected chi connectivity index (χ0v) is 5.78. The first-order valence-corrected chi connectivity index (χ1v) is 3.31. The lowest BCUT2D eigenvalue weighted by Gasteiger charge is -2.21. The highest BCUT2D eigenvalue weighted by Gasteiger charge is 2.22. The van der Waals surface area contributed by atoms with Crippen molar-refractivity contribution in [2.75, 3.05) is 0 Å². The van der Waals surface area contributed by atoms with Gasteiger partial charge in [0.05, 0.1) is 0 Å². The molecule has 0 bridgehead atoms. The third-order valence-electron chi connectivity index (χ3n) is 1.48. The molecule has 3 nitrogen and oxygen atoms in total. The molecule has 1 heterocycles. The normalized spacial score (nSPS) is 32.0. The van der Waals surface area contributed by atoms with Crippen molar-refractivity contribution in [1.82, 2.24) is 0 Å². The van der Waals surface area contributed by atoms with Gasteiger partial charge in [-0.05, 0) is 12.5 Å². The standard InChI is InChI=1S/C7H10O3/c1-2-6-5(8)3-4-7(9)10-6/h3-6,8H,2H2,1H3/t5-,6-/m1/s1. The minimum absolute atomic E-state index is 0.350. The predicted octanol–water partition coefficient (Wildman–Crippen LogP) is 0.239. The molecule has 10 heavy (non-hydrogen) atoms. The van der Waals surface area contributed by atoms with Gasteiger partial charge in [-0.25, -0.2) is 4.79 Å². The van der Waals surface area contributed by atoms with Crippen molar-refractivity contribution in [3.63, 3.8) is 0 Å². The molecule has 0 amide bonds. The van der Waals surface area contributed by atoms with Crippen LogP contribution in [0.4, 0.5) is 0 Å². The van der Waals surface area contributed by atoms with Crippen LogP contribution in [0.3, 0.4) is 0 Å². The number of aliphatic hydroxyl groups is 1. The van der Waals surface area contributed by atoms with E-state index < -0.39 is 6.10 Å². The molecule has 1 rings (SSSR count). The maximum Gasteiger partial charge on any atom is 0.330 e. The predicted molar refractivity (Wildman–Crippen MR) is 35.3 cm³/mol. The zero-order chi connectivity index (χ0) is 7.56. The number of aliphatic hydroxyl groups excluding tert-OH is 1. The molecule has 0 aromatic carbocycles. The van der Waals surface area contributed by atoms with Crippen LogP contribution in [0.5, 0.6) is 0 Å². The fraction of sp³-hybridized carbons (Fsp3) is 0.571. The first-order chi connectivity index (χ1) is 4.74. The Morgan fingerprint density at radius 3 is 3.00 bits per heavy atom. The second-order valence-electron chi connectivity index (χ2n) is 2.23. The van der Waals surface area contributed by atoms with Gasteiger partial charge in [-0.1, -0.05) is 6.92 Å². The van der Waals surface area contributed by atoms with Crippen LogP contribution in [0.2, 0.25) is 0 Å². The second-order valence-corrected chi connectivity index (χ2v) is 2.23. The van der Waals surface area contributed by atoms with E-state index in [-0.39, 0.29) is 12.1 Å². The van der Waals surface area contributed by atoms with Gasteiger partial charge >= 0.3 is 5.97 Å². The van der Waals surface area contributed by atoms with Crippen molar-refractivity contribution in [1.29, 1.82) is 0 Å². The molecule has 0 saturated heterocycles. The molecule has 0 radical (unpaired) electrons. The molecule has 0 spiro atoms. The lowest BCUT2D eigenvalue weighted by molar-refractivity contribution is -0.149. The van der Waals surface area contributed by atoms with Gasteiger partial charge in [-0.3, -0.25) is 0 Å². The summed E-state index contributed by atoms with van der Waals surface area (Å²) >= 11 is 0. The molecule has 0 fully saturated rings. The third kappa shape index (κ3) is 1.36. The highest BCUT2D eigenvalue weighted by molar-refractivity contribution is 5.83. The molecule has 56 valence electrons. The van der Waals surface area contributed by atoms with Crippen molar-refractivity contribution < 1.29 is 14.6 Å². The Bertz CT molecular complexity index is 162. The van der Waals surface area contributed by atoms with Gasteiger partial charge < -0.3 is 9.84 Å².